The Kier molecular flexibility index (Phi) is 3.99. The molecule has 2 unspecified atom stereocenters. The standard InChI is InChI=1S/C15H23N3O/c1-2-16-11-12-5-4-8-17-15(12)18-9-10-19-14-7-3-6-13(14)18/h4-5,8,13-14,16H,2-3,6-7,9-11H2,1H3. The van der Waals surface area contributed by atoms with Gasteiger partial charge in [0.25, 0.3) is 0 Å². The lowest BCUT2D eigenvalue weighted by Crippen LogP contribution is -2.49. The summed E-state index contributed by atoms with van der Waals surface area (Å²) in [6.45, 7) is 5.82. The Morgan fingerprint density at radius 2 is 2.42 bits per heavy atom. The summed E-state index contributed by atoms with van der Waals surface area (Å²) in [5.41, 5.74) is 1.30. The second-order valence-corrected chi connectivity index (χ2v) is 5.37. The quantitative estimate of drug-likeness (QED) is 0.899. The summed E-state index contributed by atoms with van der Waals surface area (Å²) in [6, 6.07) is 4.75. The number of hydrogen-bond donors (Lipinski definition) is 1. The van der Waals surface area contributed by atoms with Gasteiger partial charge >= 0.3 is 0 Å². The van der Waals surface area contributed by atoms with E-state index in [9.17, 15) is 0 Å². The molecular formula is C15H23N3O. The minimum atomic E-state index is 0.419. The van der Waals surface area contributed by atoms with Crippen LogP contribution in [0.5, 0.6) is 0 Å². The molecule has 4 heteroatoms. The fraction of sp³-hybridized carbons (Fsp3) is 0.667. The average Bonchev–Trinajstić information content (AvgIpc) is 2.94. The summed E-state index contributed by atoms with van der Waals surface area (Å²) in [6.07, 6.45) is 6.05. The van der Waals surface area contributed by atoms with Gasteiger partial charge in [0.2, 0.25) is 0 Å². The molecule has 2 aliphatic rings. The molecule has 0 amide bonds. The van der Waals surface area contributed by atoms with Crippen LogP contribution in [0.25, 0.3) is 0 Å². The van der Waals surface area contributed by atoms with Crippen LogP contribution < -0.4 is 10.2 Å². The van der Waals surface area contributed by atoms with Crippen molar-refractivity contribution in [2.45, 2.75) is 44.9 Å². The first-order valence-electron chi connectivity index (χ1n) is 7.43. The van der Waals surface area contributed by atoms with Gasteiger partial charge in [-0.3, -0.25) is 0 Å². The molecule has 0 bridgehead atoms. The van der Waals surface area contributed by atoms with E-state index in [1.54, 1.807) is 0 Å². The molecule has 3 rings (SSSR count). The zero-order chi connectivity index (χ0) is 13.1. The van der Waals surface area contributed by atoms with Gasteiger partial charge < -0.3 is 15.0 Å². The molecule has 1 aromatic rings. The topological polar surface area (TPSA) is 37.4 Å². The van der Waals surface area contributed by atoms with Crippen LogP contribution in [0.15, 0.2) is 18.3 Å². The van der Waals surface area contributed by atoms with Crippen LogP contribution in [0.1, 0.15) is 31.7 Å². The molecule has 104 valence electrons. The predicted molar refractivity (Wildman–Crippen MR) is 76.3 cm³/mol. The Labute approximate surface area is 115 Å². The zero-order valence-electron chi connectivity index (χ0n) is 11.6. The van der Waals surface area contributed by atoms with Crippen LogP contribution in [-0.4, -0.2) is 36.8 Å². The molecule has 2 heterocycles. The summed E-state index contributed by atoms with van der Waals surface area (Å²) in [7, 11) is 0. The van der Waals surface area contributed by atoms with E-state index in [2.05, 4.69) is 28.2 Å². The van der Waals surface area contributed by atoms with Crippen LogP contribution >= 0.6 is 0 Å². The van der Waals surface area contributed by atoms with E-state index >= 15 is 0 Å². The highest BCUT2D eigenvalue weighted by atomic mass is 16.5. The molecule has 2 atom stereocenters. The van der Waals surface area contributed by atoms with Crippen molar-refractivity contribution in [3.05, 3.63) is 23.9 Å². The van der Waals surface area contributed by atoms with Crippen LogP contribution in [0.2, 0.25) is 0 Å². The second kappa shape index (κ2) is 5.88. The Morgan fingerprint density at radius 1 is 1.47 bits per heavy atom. The second-order valence-electron chi connectivity index (χ2n) is 5.37. The summed E-state index contributed by atoms with van der Waals surface area (Å²) in [5, 5.41) is 3.41. The number of ether oxygens (including phenoxy) is 1. The molecule has 1 aliphatic heterocycles. The Bertz CT molecular complexity index is 424. The maximum atomic E-state index is 5.89. The highest BCUT2D eigenvalue weighted by Crippen LogP contribution is 2.33. The summed E-state index contributed by atoms with van der Waals surface area (Å²) in [4.78, 5) is 7.13. The van der Waals surface area contributed by atoms with Gasteiger partial charge in [-0.15, -0.1) is 0 Å². The van der Waals surface area contributed by atoms with E-state index < -0.39 is 0 Å². The Balaban J connectivity index is 1.83. The van der Waals surface area contributed by atoms with Gasteiger partial charge in [0.1, 0.15) is 5.82 Å². The smallest absolute Gasteiger partial charge is 0.133 e. The van der Waals surface area contributed by atoms with Crippen molar-refractivity contribution < 1.29 is 4.74 Å². The van der Waals surface area contributed by atoms with Crippen molar-refractivity contribution in [1.82, 2.24) is 10.3 Å². The van der Waals surface area contributed by atoms with E-state index in [0.717, 1.165) is 32.1 Å². The first kappa shape index (κ1) is 12.9. The number of anilines is 1. The lowest BCUT2D eigenvalue weighted by atomic mass is 10.1. The Hall–Kier alpha value is -1.13. The molecule has 19 heavy (non-hydrogen) atoms. The summed E-state index contributed by atoms with van der Waals surface area (Å²) < 4.78 is 5.89. The van der Waals surface area contributed by atoms with Gasteiger partial charge in [-0.2, -0.15) is 0 Å². The molecule has 1 saturated heterocycles. The van der Waals surface area contributed by atoms with E-state index in [-0.39, 0.29) is 0 Å². The van der Waals surface area contributed by atoms with Gasteiger partial charge in [-0.1, -0.05) is 13.0 Å². The maximum Gasteiger partial charge on any atom is 0.133 e. The van der Waals surface area contributed by atoms with Gasteiger partial charge in [-0.05, 0) is 31.9 Å². The largest absolute Gasteiger partial charge is 0.374 e. The van der Waals surface area contributed by atoms with Crippen molar-refractivity contribution in [3.8, 4) is 0 Å². The first-order valence-corrected chi connectivity index (χ1v) is 7.43. The molecule has 0 aromatic carbocycles. The van der Waals surface area contributed by atoms with Crippen LogP contribution in [-0.2, 0) is 11.3 Å². The number of pyridine rings is 1. The highest BCUT2D eigenvalue weighted by molar-refractivity contribution is 5.48. The van der Waals surface area contributed by atoms with E-state index in [0.29, 0.717) is 12.1 Å². The first-order chi connectivity index (χ1) is 9.40. The number of fused-ring (bicyclic) bond motifs is 1. The third-order valence-electron chi connectivity index (χ3n) is 4.19. The number of rotatable bonds is 4. The molecule has 1 N–H and O–H groups in total. The molecule has 0 radical (unpaired) electrons. The fourth-order valence-electron chi connectivity index (χ4n) is 3.28. The van der Waals surface area contributed by atoms with Crippen molar-refractivity contribution in [3.63, 3.8) is 0 Å². The SMILES string of the molecule is CCNCc1cccnc1N1CCOC2CCCC21. The van der Waals surface area contributed by atoms with Crippen molar-refractivity contribution >= 4 is 5.82 Å². The van der Waals surface area contributed by atoms with E-state index in [1.165, 1.54) is 24.8 Å². The lowest BCUT2D eigenvalue weighted by Gasteiger charge is -2.39. The minimum Gasteiger partial charge on any atom is -0.374 e. The highest BCUT2D eigenvalue weighted by Gasteiger charge is 2.37. The molecule has 1 aromatic heterocycles. The summed E-state index contributed by atoms with van der Waals surface area (Å²) in [5.74, 6) is 1.16. The number of nitrogens with one attached hydrogen (secondary N) is 1. The molecule has 2 fully saturated rings. The number of aromatic nitrogens is 1. The van der Waals surface area contributed by atoms with Gasteiger partial charge in [0, 0.05) is 24.8 Å². The van der Waals surface area contributed by atoms with Gasteiger partial charge in [0.15, 0.2) is 0 Å². The zero-order valence-corrected chi connectivity index (χ0v) is 11.6. The van der Waals surface area contributed by atoms with Gasteiger partial charge in [0.05, 0.1) is 18.8 Å². The van der Waals surface area contributed by atoms with E-state index in [1.807, 2.05) is 12.3 Å². The van der Waals surface area contributed by atoms with Crippen LogP contribution in [0.4, 0.5) is 5.82 Å². The Morgan fingerprint density at radius 3 is 3.32 bits per heavy atom. The van der Waals surface area contributed by atoms with Crippen molar-refractivity contribution in [1.29, 1.82) is 0 Å². The molecule has 1 saturated carbocycles. The van der Waals surface area contributed by atoms with E-state index in [4.69, 9.17) is 4.74 Å². The van der Waals surface area contributed by atoms with Crippen molar-refractivity contribution in [2.24, 2.45) is 0 Å². The van der Waals surface area contributed by atoms with Crippen LogP contribution in [0, 0.1) is 0 Å². The third kappa shape index (κ3) is 2.60. The average molecular weight is 261 g/mol. The molecule has 0 spiro atoms. The summed E-state index contributed by atoms with van der Waals surface area (Å²) >= 11 is 0. The van der Waals surface area contributed by atoms with Crippen LogP contribution in [0.3, 0.4) is 0 Å². The maximum absolute atomic E-state index is 5.89. The molecule has 4 nitrogen and oxygen atoms in total. The number of morpholine rings is 1. The number of nitrogens with zero attached hydrogens (tertiary/aromatic N) is 2. The predicted octanol–water partition coefficient (Wildman–Crippen LogP) is 1.95. The lowest BCUT2D eigenvalue weighted by molar-refractivity contribution is 0.0252. The normalized spacial score (nSPS) is 26.5. The third-order valence-corrected chi connectivity index (χ3v) is 4.19. The van der Waals surface area contributed by atoms with Gasteiger partial charge in [-0.25, -0.2) is 4.98 Å². The fourth-order valence-corrected chi connectivity index (χ4v) is 3.28. The monoisotopic (exact) mass is 261 g/mol. The molecular weight excluding hydrogens is 238 g/mol. The molecule has 1 aliphatic carbocycles. The number of hydrogen-bond acceptors (Lipinski definition) is 4. The van der Waals surface area contributed by atoms with Crippen molar-refractivity contribution in [2.75, 3.05) is 24.6 Å². The minimum absolute atomic E-state index is 0.419.